The summed E-state index contributed by atoms with van der Waals surface area (Å²) in [7, 11) is 0. The average Bonchev–Trinajstić information content (AvgIpc) is 2.25. The molecule has 2 fully saturated rings. The molecule has 0 aromatic carbocycles. The summed E-state index contributed by atoms with van der Waals surface area (Å²) in [6.45, 7) is 2.76. The van der Waals surface area contributed by atoms with Crippen LogP contribution in [0.25, 0.3) is 0 Å². The van der Waals surface area contributed by atoms with Crippen LogP contribution in [0.3, 0.4) is 0 Å². The fraction of sp³-hybridized carbons (Fsp3) is 0.909. The summed E-state index contributed by atoms with van der Waals surface area (Å²) in [5, 5.41) is 3.19. The van der Waals surface area contributed by atoms with E-state index in [2.05, 4.69) is 15.0 Å². The average molecular weight is 281 g/mol. The van der Waals surface area contributed by atoms with Crippen LogP contribution in [-0.4, -0.2) is 80.4 Å². The molecule has 5 nitrogen and oxygen atoms in total. The van der Waals surface area contributed by atoms with Crippen LogP contribution >= 0.6 is 0 Å². The van der Waals surface area contributed by atoms with Gasteiger partial charge in [-0.3, -0.25) is 9.69 Å². The van der Waals surface area contributed by atoms with Crippen LogP contribution in [0.4, 0.5) is 13.2 Å². The number of carbonyl (C=O) groups is 1. The Bertz CT molecular complexity index is 313. The lowest BCUT2D eigenvalue weighted by atomic mass is 10.1. The van der Waals surface area contributed by atoms with Crippen molar-refractivity contribution in [2.75, 3.05) is 52.5 Å². The van der Waals surface area contributed by atoms with E-state index >= 15 is 0 Å². The Kier molecular flexibility index (Phi) is 4.64. The van der Waals surface area contributed by atoms with Crippen molar-refractivity contribution >= 4 is 5.91 Å². The number of hydrogen-bond donors (Lipinski definition) is 1. The molecule has 1 N–H and O–H groups in total. The van der Waals surface area contributed by atoms with Gasteiger partial charge >= 0.3 is 6.18 Å². The summed E-state index contributed by atoms with van der Waals surface area (Å²) in [5.41, 5.74) is 0. The van der Waals surface area contributed by atoms with Gasteiger partial charge in [0.15, 0.2) is 0 Å². The first kappa shape index (κ1) is 14.5. The van der Waals surface area contributed by atoms with E-state index in [0.717, 1.165) is 26.2 Å². The molecule has 19 heavy (non-hydrogen) atoms. The third-order valence-corrected chi connectivity index (χ3v) is 3.43. The summed E-state index contributed by atoms with van der Waals surface area (Å²) in [6, 6.07) is 0.540. The topological polar surface area (TPSA) is 44.8 Å². The van der Waals surface area contributed by atoms with Crippen LogP contribution in [0.5, 0.6) is 0 Å². The highest BCUT2D eigenvalue weighted by Crippen LogP contribution is 2.14. The highest BCUT2D eigenvalue weighted by molar-refractivity contribution is 5.77. The monoisotopic (exact) mass is 281 g/mol. The van der Waals surface area contributed by atoms with Gasteiger partial charge in [0.2, 0.25) is 5.91 Å². The maximum absolute atomic E-state index is 11.9. The highest BCUT2D eigenvalue weighted by atomic mass is 19.4. The molecule has 0 aromatic heterocycles. The van der Waals surface area contributed by atoms with Crippen molar-refractivity contribution in [2.45, 2.75) is 12.2 Å². The maximum atomic E-state index is 11.9. The van der Waals surface area contributed by atoms with E-state index in [4.69, 9.17) is 0 Å². The standard InChI is InChI=1S/C11H18F3N3O2/c12-11(13,14)8-19-7-10(18)17-3-1-16(2-4-17)9-5-15-6-9/h9,15H,1-8H2. The lowest BCUT2D eigenvalue weighted by Crippen LogP contribution is -2.62. The summed E-state index contributed by atoms with van der Waals surface area (Å²) in [6.07, 6.45) is -4.38. The number of carbonyl (C=O) groups excluding carboxylic acids is 1. The minimum Gasteiger partial charge on any atom is -0.362 e. The number of amides is 1. The lowest BCUT2D eigenvalue weighted by molar-refractivity contribution is -0.178. The van der Waals surface area contributed by atoms with Crippen LogP contribution in [0, 0.1) is 0 Å². The molecule has 2 rings (SSSR count). The third kappa shape index (κ3) is 4.32. The first-order valence-electron chi connectivity index (χ1n) is 6.33. The van der Waals surface area contributed by atoms with Crippen molar-refractivity contribution in [1.29, 1.82) is 0 Å². The van der Waals surface area contributed by atoms with Crippen molar-refractivity contribution in [3.8, 4) is 0 Å². The van der Waals surface area contributed by atoms with Gasteiger partial charge in [-0.05, 0) is 0 Å². The summed E-state index contributed by atoms with van der Waals surface area (Å²) >= 11 is 0. The predicted octanol–water partition coefficient (Wildman–Crippen LogP) is -0.319. The minimum atomic E-state index is -4.38. The Balaban J connectivity index is 1.64. The number of ether oxygens (including phenoxy) is 1. The Morgan fingerprint density at radius 3 is 2.32 bits per heavy atom. The SMILES string of the molecule is O=C(COCC(F)(F)F)N1CCN(C2CNC2)CC1. The van der Waals surface area contributed by atoms with Crippen LogP contribution in [0.15, 0.2) is 0 Å². The molecule has 0 unspecified atom stereocenters. The van der Waals surface area contributed by atoms with Gasteiger partial charge in [-0.2, -0.15) is 13.2 Å². The molecule has 0 radical (unpaired) electrons. The van der Waals surface area contributed by atoms with Crippen LogP contribution in [-0.2, 0) is 9.53 Å². The van der Waals surface area contributed by atoms with E-state index in [0.29, 0.717) is 19.1 Å². The van der Waals surface area contributed by atoms with Gasteiger partial charge < -0.3 is 15.0 Å². The van der Waals surface area contributed by atoms with Crippen molar-refractivity contribution in [3.05, 3.63) is 0 Å². The quantitative estimate of drug-likeness (QED) is 0.767. The number of nitrogens with zero attached hydrogens (tertiary/aromatic N) is 2. The molecule has 8 heteroatoms. The van der Waals surface area contributed by atoms with Gasteiger partial charge in [0, 0.05) is 45.3 Å². The number of rotatable bonds is 4. The molecule has 2 aliphatic rings. The Labute approximate surface area is 109 Å². The van der Waals surface area contributed by atoms with Crippen LogP contribution in [0.1, 0.15) is 0 Å². The molecular formula is C11H18F3N3O2. The van der Waals surface area contributed by atoms with E-state index in [1.165, 1.54) is 0 Å². The zero-order chi connectivity index (χ0) is 13.9. The number of piperazine rings is 1. The molecule has 0 aromatic rings. The van der Waals surface area contributed by atoms with E-state index in [-0.39, 0.29) is 5.91 Å². The Morgan fingerprint density at radius 1 is 1.21 bits per heavy atom. The van der Waals surface area contributed by atoms with Crippen molar-refractivity contribution < 1.29 is 22.7 Å². The summed E-state index contributed by atoms with van der Waals surface area (Å²) < 4.78 is 40.0. The third-order valence-electron chi connectivity index (χ3n) is 3.43. The molecule has 0 aliphatic carbocycles. The molecule has 2 saturated heterocycles. The minimum absolute atomic E-state index is 0.365. The number of alkyl halides is 3. The number of halogens is 3. The van der Waals surface area contributed by atoms with Gasteiger partial charge in [0.1, 0.15) is 13.2 Å². The molecule has 110 valence electrons. The smallest absolute Gasteiger partial charge is 0.362 e. The van der Waals surface area contributed by atoms with Gasteiger partial charge in [0.25, 0.3) is 0 Å². The zero-order valence-electron chi connectivity index (χ0n) is 10.6. The summed E-state index contributed by atoms with van der Waals surface area (Å²) in [5.74, 6) is -0.365. The molecule has 0 atom stereocenters. The molecule has 2 heterocycles. The first-order valence-corrected chi connectivity index (χ1v) is 6.33. The number of nitrogens with one attached hydrogen (secondary N) is 1. The van der Waals surface area contributed by atoms with Crippen LogP contribution < -0.4 is 5.32 Å². The molecule has 0 saturated carbocycles. The zero-order valence-corrected chi connectivity index (χ0v) is 10.6. The molecule has 2 aliphatic heterocycles. The Morgan fingerprint density at radius 2 is 1.84 bits per heavy atom. The highest BCUT2D eigenvalue weighted by Gasteiger charge is 2.30. The van der Waals surface area contributed by atoms with E-state index < -0.39 is 19.4 Å². The largest absolute Gasteiger partial charge is 0.411 e. The fourth-order valence-electron chi connectivity index (χ4n) is 2.21. The maximum Gasteiger partial charge on any atom is 0.411 e. The van der Waals surface area contributed by atoms with Gasteiger partial charge in [-0.25, -0.2) is 0 Å². The molecule has 0 bridgehead atoms. The van der Waals surface area contributed by atoms with Crippen molar-refractivity contribution in [2.24, 2.45) is 0 Å². The van der Waals surface area contributed by atoms with Crippen molar-refractivity contribution in [3.63, 3.8) is 0 Å². The Hall–Kier alpha value is -0.860. The van der Waals surface area contributed by atoms with E-state index in [9.17, 15) is 18.0 Å². The second-order valence-corrected chi connectivity index (χ2v) is 4.84. The predicted molar refractivity (Wildman–Crippen MR) is 61.7 cm³/mol. The van der Waals surface area contributed by atoms with Crippen LogP contribution in [0.2, 0.25) is 0 Å². The lowest BCUT2D eigenvalue weighted by Gasteiger charge is -2.43. The van der Waals surface area contributed by atoms with Gasteiger partial charge in [-0.1, -0.05) is 0 Å². The first-order chi connectivity index (χ1) is 8.96. The second kappa shape index (κ2) is 6.06. The van der Waals surface area contributed by atoms with Gasteiger partial charge in [-0.15, -0.1) is 0 Å². The van der Waals surface area contributed by atoms with Gasteiger partial charge in [0.05, 0.1) is 0 Å². The normalized spacial score (nSPS) is 22.4. The summed E-state index contributed by atoms with van der Waals surface area (Å²) in [4.78, 5) is 15.5. The molecule has 1 amide bonds. The second-order valence-electron chi connectivity index (χ2n) is 4.84. The fourth-order valence-corrected chi connectivity index (χ4v) is 2.21. The molecule has 0 spiro atoms. The van der Waals surface area contributed by atoms with E-state index in [1.807, 2.05) is 0 Å². The van der Waals surface area contributed by atoms with E-state index in [1.54, 1.807) is 4.90 Å². The molecular weight excluding hydrogens is 263 g/mol. The van der Waals surface area contributed by atoms with Crippen molar-refractivity contribution in [1.82, 2.24) is 15.1 Å². The number of hydrogen-bond acceptors (Lipinski definition) is 4.